The quantitative estimate of drug-likeness (QED) is 0.530. The number of rotatable bonds is 5. The lowest BCUT2D eigenvalue weighted by Gasteiger charge is -2.38. The normalized spacial score (nSPS) is 22.8. The first-order chi connectivity index (χ1) is 13.9. The molecule has 29 heavy (non-hydrogen) atoms. The van der Waals surface area contributed by atoms with Gasteiger partial charge in [0.15, 0.2) is 5.96 Å². The molecule has 0 aromatic rings. The summed E-state index contributed by atoms with van der Waals surface area (Å²) in [6.45, 7) is 6.43. The fourth-order valence-corrected chi connectivity index (χ4v) is 4.95. The third kappa shape index (κ3) is 5.21. The zero-order valence-electron chi connectivity index (χ0n) is 18.5. The number of nitrogens with one attached hydrogen (secondary N) is 1. The van der Waals surface area contributed by atoms with E-state index in [4.69, 9.17) is 0 Å². The van der Waals surface area contributed by atoms with Gasteiger partial charge >= 0.3 is 0 Å². The van der Waals surface area contributed by atoms with E-state index in [2.05, 4.69) is 20.1 Å². The van der Waals surface area contributed by atoms with E-state index in [9.17, 15) is 9.59 Å². The number of guanidine groups is 1. The molecule has 8 heteroatoms. The summed E-state index contributed by atoms with van der Waals surface area (Å²) in [7, 11) is 5.50. The minimum absolute atomic E-state index is 0.225. The molecule has 8 nitrogen and oxygen atoms in total. The van der Waals surface area contributed by atoms with Gasteiger partial charge in [-0.1, -0.05) is 12.8 Å². The molecule has 3 fully saturated rings. The third-order valence-corrected chi connectivity index (χ3v) is 6.71. The predicted molar refractivity (Wildman–Crippen MR) is 115 cm³/mol. The number of aliphatic imine (C=N–C) groups is 1. The van der Waals surface area contributed by atoms with Crippen LogP contribution in [0.5, 0.6) is 0 Å². The lowest BCUT2D eigenvalue weighted by Crippen LogP contribution is -2.56. The molecule has 0 unspecified atom stereocenters. The van der Waals surface area contributed by atoms with E-state index in [1.54, 1.807) is 11.9 Å². The van der Waals surface area contributed by atoms with Crippen molar-refractivity contribution in [3.63, 3.8) is 0 Å². The van der Waals surface area contributed by atoms with Crippen molar-refractivity contribution in [2.24, 2.45) is 10.4 Å². The zero-order valence-corrected chi connectivity index (χ0v) is 18.5. The van der Waals surface area contributed by atoms with Crippen LogP contribution in [0.1, 0.15) is 38.5 Å². The van der Waals surface area contributed by atoms with Crippen molar-refractivity contribution in [1.82, 2.24) is 24.9 Å². The number of hydrogen-bond donors (Lipinski definition) is 1. The fourth-order valence-electron chi connectivity index (χ4n) is 4.95. The van der Waals surface area contributed by atoms with Gasteiger partial charge in [-0.2, -0.15) is 0 Å². The summed E-state index contributed by atoms with van der Waals surface area (Å²) in [6, 6.07) is 0. The van der Waals surface area contributed by atoms with Crippen LogP contribution >= 0.6 is 0 Å². The van der Waals surface area contributed by atoms with E-state index in [0.29, 0.717) is 13.1 Å². The molecule has 0 aromatic heterocycles. The maximum Gasteiger partial charge on any atom is 0.236 e. The first-order valence-corrected chi connectivity index (χ1v) is 11.1. The van der Waals surface area contributed by atoms with Crippen molar-refractivity contribution in [1.29, 1.82) is 0 Å². The number of likely N-dealkylation sites (tertiary alicyclic amines) is 1. The molecule has 2 saturated heterocycles. The molecule has 1 N–H and O–H groups in total. The Morgan fingerprint density at radius 3 is 2.10 bits per heavy atom. The van der Waals surface area contributed by atoms with Gasteiger partial charge in [0, 0.05) is 67.0 Å². The number of carbonyl (C=O) groups excluding carboxylic acids is 2. The van der Waals surface area contributed by atoms with E-state index >= 15 is 0 Å². The maximum atomic E-state index is 12.8. The molecule has 164 valence electrons. The van der Waals surface area contributed by atoms with E-state index in [-0.39, 0.29) is 17.2 Å². The van der Waals surface area contributed by atoms with E-state index in [1.807, 2.05) is 19.0 Å². The molecule has 0 radical (unpaired) electrons. The highest BCUT2D eigenvalue weighted by Crippen LogP contribution is 2.39. The summed E-state index contributed by atoms with van der Waals surface area (Å²) in [6.07, 6.45) is 6.40. The average Bonchev–Trinajstić information content (AvgIpc) is 3.42. The molecule has 0 bridgehead atoms. The summed E-state index contributed by atoms with van der Waals surface area (Å²) in [5.74, 6) is 1.36. The van der Waals surface area contributed by atoms with E-state index < -0.39 is 0 Å². The van der Waals surface area contributed by atoms with Gasteiger partial charge in [-0.05, 0) is 25.7 Å². The Morgan fingerprint density at radius 2 is 1.55 bits per heavy atom. The molecule has 0 spiro atoms. The second-order valence-electron chi connectivity index (χ2n) is 8.94. The van der Waals surface area contributed by atoms with Gasteiger partial charge in [0.25, 0.3) is 0 Å². The van der Waals surface area contributed by atoms with Gasteiger partial charge in [-0.25, -0.2) is 0 Å². The van der Waals surface area contributed by atoms with Crippen LogP contribution in [-0.4, -0.2) is 111 Å². The lowest BCUT2D eigenvalue weighted by molar-refractivity contribution is -0.138. The van der Waals surface area contributed by atoms with E-state index in [1.165, 1.54) is 0 Å². The van der Waals surface area contributed by atoms with Gasteiger partial charge in [0.2, 0.25) is 11.8 Å². The van der Waals surface area contributed by atoms with Crippen molar-refractivity contribution in [2.75, 3.05) is 73.5 Å². The minimum atomic E-state index is -0.302. The second kappa shape index (κ2) is 9.78. The number of piperazine rings is 1. The van der Waals surface area contributed by atoms with Crippen LogP contribution in [0.3, 0.4) is 0 Å². The summed E-state index contributed by atoms with van der Waals surface area (Å²) in [4.78, 5) is 37.9. The Bertz CT molecular complexity index is 600. The summed E-state index contributed by atoms with van der Waals surface area (Å²) >= 11 is 0. The van der Waals surface area contributed by atoms with Gasteiger partial charge in [-0.3, -0.25) is 19.5 Å². The van der Waals surface area contributed by atoms with Crippen molar-refractivity contribution >= 4 is 17.8 Å². The Morgan fingerprint density at radius 1 is 0.931 bits per heavy atom. The molecule has 2 aliphatic heterocycles. The van der Waals surface area contributed by atoms with Gasteiger partial charge in [0.1, 0.15) is 0 Å². The smallest absolute Gasteiger partial charge is 0.236 e. The van der Waals surface area contributed by atoms with Crippen LogP contribution in [0, 0.1) is 5.41 Å². The monoisotopic (exact) mass is 406 g/mol. The molecule has 1 saturated carbocycles. The summed E-state index contributed by atoms with van der Waals surface area (Å²) < 4.78 is 0. The standard InChI is InChI=1S/C21H38N6O2/c1-22-20(23-17-21(8-4-5-9-21)19(29)24(2)3)27-14-12-25(13-15-27)16-18(28)26-10-6-7-11-26/h4-17H2,1-3H3,(H,22,23). The SMILES string of the molecule is CN=C(NCC1(C(=O)N(C)C)CCCC1)N1CCN(CC(=O)N2CCCC2)CC1. The molecule has 2 amide bonds. The maximum absolute atomic E-state index is 12.8. The number of nitrogens with zero attached hydrogens (tertiary/aromatic N) is 5. The highest BCUT2D eigenvalue weighted by atomic mass is 16.2. The largest absolute Gasteiger partial charge is 0.355 e. The third-order valence-electron chi connectivity index (χ3n) is 6.71. The molecular weight excluding hydrogens is 368 g/mol. The van der Waals surface area contributed by atoms with Crippen molar-refractivity contribution in [3.8, 4) is 0 Å². The highest BCUT2D eigenvalue weighted by Gasteiger charge is 2.42. The predicted octanol–water partition coefficient (Wildman–Crippen LogP) is 0.450. The molecular formula is C21H38N6O2. The first kappa shape index (κ1) is 21.9. The van der Waals surface area contributed by atoms with Crippen LogP contribution in [0.15, 0.2) is 4.99 Å². The van der Waals surface area contributed by atoms with Gasteiger partial charge in [0.05, 0.1) is 12.0 Å². The van der Waals surface area contributed by atoms with Crippen LogP contribution in [0.25, 0.3) is 0 Å². The number of hydrogen-bond acceptors (Lipinski definition) is 4. The van der Waals surface area contributed by atoms with Crippen molar-refractivity contribution in [3.05, 3.63) is 0 Å². The minimum Gasteiger partial charge on any atom is -0.355 e. The Kier molecular flexibility index (Phi) is 7.38. The molecule has 0 atom stereocenters. The first-order valence-electron chi connectivity index (χ1n) is 11.1. The average molecular weight is 407 g/mol. The van der Waals surface area contributed by atoms with Gasteiger partial charge < -0.3 is 20.0 Å². The van der Waals surface area contributed by atoms with Gasteiger partial charge in [-0.15, -0.1) is 0 Å². The van der Waals surface area contributed by atoms with Crippen LogP contribution in [0.2, 0.25) is 0 Å². The molecule has 1 aliphatic carbocycles. The van der Waals surface area contributed by atoms with Crippen molar-refractivity contribution in [2.45, 2.75) is 38.5 Å². The van der Waals surface area contributed by atoms with Crippen molar-refractivity contribution < 1.29 is 9.59 Å². The lowest BCUT2D eigenvalue weighted by atomic mass is 9.84. The van der Waals surface area contributed by atoms with E-state index in [0.717, 1.165) is 83.8 Å². The Labute approximate surface area is 175 Å². The highest BCUT2D eigenvalue weighted by molar-refractivity contribution is 5.85. The molecule has 3 rings (SSSR count). The van der Waals surface area contributed by atoms with Crippen LogP contribution in [-0.2, 0) is 9.59 Å². The summed E-state index contributed by atoms with van der Waals surface area (Å²) in [5, 5.41) is 3.49. The molecule has 0 aromatic carbocycles. The summed E-state index contributed by atoms with van der Waals surface area (Å²) in [5.41, 5.74) is -0.302. The molecule has 3 aliphatic rings. The topological polar surface area (TPSA) is 71.5 Å². The zero-order chi connectivity index (χ0) is 20.9. The van der Waals surface area contributed by atoms with Crippen LogP contribution < -0.4 is 5.32 Å². The number of amides is 2. The number of carbonyl (C=O) groups is 2. The fraction of sp³-hybridized carbons (Fsp3) is 0.857. The Balaban J connectivity index is 1.48. The Hall–Kier alpha value is -1.83. The van der Waals surface area contributed by atoms with Crippen LogP contribution in [0.4, 0.5) is 0 Å². The molecule has 2 heterocycles. The second-order valence-corrected chi connectivity index (χ2v) is 8.94.